The predicted molar refractivity (Wildman–Crippen MR) is 112 cm³/mol. The fourth-order valence-electron chi connectivity index (χ4n) is 5.16. The number of amides is 2. The third-order valence-electron chi connectivity index (χ3n) is 6.77. The van der Waals surface area contributed by atoms with Crippen molar-refractivity contribution in [2.24, 2.45) is 5.92 Å². The Morgan fingerprint density at radius 3 is 2.73 bits per heavy atom. The van der Waals surface area contributed by atoms with Crippen molar-refractivity contribution in [1.82, 2.24) is 19.2 Å². The van der Waals surface area contributed by atoms with Crippen LogP contribution in [0.25, 0.3) is 5.65 Å². The molecule has 0 bridgehead atoms. The molecule has 0 N–H and O–H groups in total. The first-order chi connectivity index (χ1) is 14.5. The highest BCUT2D eigenvalue weighted by molar-refractivity contribution is 6.30. The van der Waals surface area contributed by atoms with E-state index in [1.165, 1.54) is 10.8 Å². The number of carbonyl (C=O) groups excluding carboxylic acids is 2. The van der Waals surface area contributed by atoms with Gasteiger partial charge in [0.15, 0.2) is 0 Å². The quantitative estimate of drug-likeness (QED) is 0.736. The predicted octanol–water partition coefficient (Wildman–Crippen LogP) is 2.41. The summed E-state index contributed by atoms with van der Waals surface area (Å²) < 4.78 is 1.44. The van der Waals surface area contributed by atoms with Gasteiger partial charge in [0.25, 0.3) is 5.56 Å². The van der Waals surface area contributed by atoms with E-state index in [0.29, 0.717) is 35.7 Å². The van der Waals surface area contributed by atoms with Crippen molar-refractivity contribution >= 4 is 29.1 Å². The van der Waals surface area contributed by atoms with E-state index >= 15 is 0 Å². The van der Waals surface area contributed by atoms with E-state index in [1.807, 2.05) is 4.90 Å². The fourth-order valence-corrected chi connectivity index (χ4v) is 5.32. The third-order valence-corrected chi connectivity index (χ3v) is 6.99. The highest BCUT2D eigenvalue weighted by atomic mass is 35.5. The molecule has 2 aromatic heterocycles. The summed E-state index contributed by atoms with van der Waals surface area (Å²) in [6, 6.07) is 3.73. The minimum Gasteiger partial charge on any atom is -0.339 e. The number of pyridine rings is 1. The van der Waals surface area contributed by atoms with E-state index < -0.39 is 0 Å². The Balaban J connectivity index is 1.35. The van der Waals surface area contributed by atoms with Gasteiger partial charge in [-0.15, -0.1) is 0 Å². The third kappa shape index (κ3) is 3.39. The smallest absolute Gasteiger partial charge is 0.263 e. The van der Waals surface area contributed by atoms with Gasteiger partial charge in [0.1, 0.15) is 5.65 Å². The van der Waals surface area contributed by atoms with E-state index in [-0.39, 0.29) is 42.3 Å². The topological polar surface area (TPSA) is 75.0 Å². The Morgan fingerprint density at radius 1 is 1.13 bits per heavy atom. The van der Waals surface area contributed by atoms with Crippen molar-refractivity contribution in [1.29, 1.82) is 0 Å². The van der Waals surface area contributed by atoms with Crippen LogP contribution in [0.1, 0.15) is 49.8 Å². The number of nitrogens with zero attached hydrogens (tertiary/aromatic N) is 4. The second-order valence-electron chi connectivity index (χ2n) is 8.67. The summed E-state index contributed by atoms with van der Waals surface area (Å²) in [6.45, 7) is 1.27. The zero-order chi connectivity index (χ0) is 20.8. The number of rotatable bonds is 2. The molecule has 7 nitrogen and oxygen atoms in total. The molecular formula is C22H25ClN4O3. The lowest BCUT2D eigenvalue weighted by Crippen LogP contribution is -2.44. The lowest BCUT2D eigenvalue weighted by atomic mass is 9.94. The molecule has 2 amide bonds. The maximum absolute atomic E-state index is 13.2. The molecule has 30 heavy (non-hydrogen) atoms. The number of likely N-dealkylation sites (tertiary alicyclic amines) is 1. The fraction of sp³-hybridized carbons (Fsp3) is 0.545. The Bertz CT molecular complexity index is 1080. The van der Waals surface area contributed by atoms with Crippen LogP contribution in [0.5, 0.6) is 0 Å². The summed E-state index contributed by atoms with van der Waals surface area (Å²) in [5, 5.41) is 0.461. The molecule has 5 rings (SSSR count). The van der Waals surface area contributed by atoms with E-state index in [2.05, 4.69) is 4.98 Å². The lowest BCUT2D eigenvalue weighted by molar-refractivity contribution is -0.136. The second kappa shape index (κ2) is 7.69. The van der Waals surface area contributed by atoms with Gasteiger partial charge < -0.3 is 9.80 Å². The average molecular weight is 429 g/mol. The van der Waals surface area contributed by atoms with Crippen LogP contribution in [0.15, 0.2) is 23.1 Å². The highest BCUT2D eigenvalue weighted by Crippen LogP contribution is 2.30. The van der Waals surface area contributed by atoms with Crippen LogP contribution in [0.3, 0.4) is 0 Å². The lowest BCUT2D eigenvalue weighted by Gasteiger charge is -2.32. The van der Waals surface area contributed by atoms with Crippen LogP contribution >= 0.6 is 11.6 Å². The molecule has 1 saturated heterocycles. The molecule has 2 fully saturated rings. The van der Waals surface area contributed by atoms with Gasteiger partial charge in [-0.05, 0) is 25.0 Å². The minimum atomic E-state index is -0.313. The molecule has 1 saturated carbocycles. The maximum Gasteiger partial charge on any atom is 0.263 e. The molecule has 1 unspecified atom stereocenters. The Kier molecular flexibility index (Phi) is 5.01. The van der Waals surface area contributed by atoms with Crippen molar-refractivity contribution < 1.29 is 9.59 Å². The second-order valence-corrected chi connectivity index (χ2v) is 9.10. The molecule has 4 heterocycles. The molecule has 1 atom stereocenters. The molecular weight excluding hydrogens is 404 g/mol. The van der Waals surface area contributed by atoms with Crippen LogP contribution in [0, 0.1) is 5.92 Å². The van der Waals surface area contributed by atoms with Crippen molar-refractivity contribution in [3.05, 3.63) is 45.0 Å². The van der Waals surface area contributed by atoms with Crippen LogP contribution in [-0.2, 0) is 22.6 Å². The first-order valence-corrected chi connectivity index (χ1v) is 11.2. The number of carbonyl (C=O) groups is 2. The maximum atomic E-state index is 13.2. The number of fused-ring (bicyclic) bond motifs is 2. The first kappa shape index (κ1) is 19.5. The number of aromatic nitrogens is 2. The van der Waals surface area contributed by atoms with Crippen LogP contribution in [0.4, 0.5) is 0 Å². The van der Waals surface area contributed by atoms with Gasteiger partial charge in [-0.2, -0.15) is 0 Å². The largest absolute Gasteiger partial charge is 0.339 e. The summed E-state index contributed by atoms with van der Waals surface area (Å²) in [7, 11) is 0. The van der Waals surface area contributed by atoms with E-state index in [9.17, 15) is 14.4 Å². The van der Waals surface area contributed by atoms with Gasteiger partial charge in [0.05, 0.1) is 28.7 Å². The van der Waals surface area contributed by atoms with Gasteiger partial charge in [0.2, 0.25) is 11.8 Å². The molecule has 8 heteroatoms. The van der Waals surface area contributed by atoms with Gasteiger partial charge in [-0.25, -0.2) is 4.98 Å². The molecule has 3 aliphatic rings. The monoisotopic (exact) mass is 428 g/mol. The molecule has 0 spiro atoms. The minimum absolute atomic E-state index is 0.0251. The summed E-state index contributed by atoms with van der Waals surface area (Å²) in [5.41, 5.74) is 1.68. The van der Waals surface area contributed by atoms with Gasteiger partial charge in [-0.1, -0.05) is 30.9 Å². The Labute approximate surface area is 179 Å². The number of halogens is 1. The summed E-state index contributed by atoms with van der Waals surface area (Å²) in [5.74, 6) is -0.241. The van der Waals surface area contributed by atoms with Gasteiger partial charge >= 0.3 is 0 Å². The Hall–Kier alpha value is -2.41. The van der Waals surface area contributed by atoms with Gasteiger partial charge in [-0.3, -0.25) is 18.8 Å². The van der Waals surface area contributed by atoms with Crippen molar-refractivity contribution in [2.45, 2.75) is 57.5 Å². The highest BCUT2D eigenvalue weighted by Gasteiger charge is 2.40. The average Bonchev–Trinajstić information content (AvgIpc) is 3.16. The summed E-state index contributed by atoms with van der Waals surface area (Å²) >= 11 is 6.04. The molecule has 2 aromatic rings. The van der Waals surface area contributed by atoms with Crippen LogP contribution < -0.4 is 5.56 Å². The Morgan fingerprint density at radius 2 is 1.93 bits per heavy atom. The van der Waals surface area contributed by atoms with Gasteiger partial charge in [0, 0.05) is 38.2 Å². The van der Waals surface area contributed by atoms with E-state index in [0.717, 1.165) is 31.4 Å². The van der Waals surface area contributed by atoms with E-state index in [1.54, 1.807) is 23.2 Å². The first-order valence-electron chi connectivity index (χ1n) is 10.8. The molecule has 158 valence electrons. The van der Waals surface area contributed by atoms with Crippen molar-refractivity contribution in [2.75, 3.05) is 13.1 Å². The zero-order valence-electron chi connectivity index (χ0n) is 16.8. The summed E-state index contributed by atoms with van der Waals surface area (Å²) in [4.78, 5) is 47.0. The van der Waals surface area contributed by atoms with Crippen molar-refractivity contribution in [3.63, 3.8) is 0 Å². The molecule has 2 aliphatic heterocycles. The summed E-state index contributed by atoms with van der Waals surface area (Å²) in [6.07, 6.45) is 8.02. The normalized spacial score (nSPS) is 22.6. The van der Waals surface area contributed by atoms with Crippen LogP contribution in [-0.4, -0.2) is 50.1 Å². The van der Waals surface area contributed by atoms with Crippen LogP contribution in [0.2, 0.25) is 5.02 Å². The zero-order valence-corrected chi connectivity index (χ0v) is 17.6. The number of hydrogen-bond acceptors (Lipinski definition) is 4. The standard InChI is InChI=1S/C22H25ClN4O3/c23-15-6-7-19-24-18-8-9-25(13-17(18)22(30)27(19)12-15)21(29)14-10-20(28)26(11-14)16-4-2-1-3-5-16/h6-7,12,14,16H,1-5,8-11,13H2. The molecule has 0 radical (unpaired) electrons. The molecule has 1 aliphatic carbocycles. The number of hydrogen-bond donors (Lipinski definition) is 0. The van der Waals surface area contributed by atoms with Crippen molar-refractivity contribution in [3.8, 4) is 0 Å². The van der Waals surface area contributed by atoms with E-state index in [4.69, 9.17) is 11.6 Å². The SMILES string of the molecule is O=C(C1CC(=O)N(C2CCCCC2)C1)N1CCc2nc3ccc(Cl)cn3c(=O)c2C1. The molecule has 0 aromatic carbocycles.